The minimum atomic E-state index is -0.0819. The fourth-order valence-corrected chi connectivity index (χ4v) is 4.16. The van der Waals surface area contributed by atoms with Gasteiger partial charge in [-0.3, -0.25) is 0 Å². The highest BCUT2D eigenvalue weighted by Crippen LogP contribution is 2.52. The Bertz CT molecular complexity index is 885. The first-order chi connectivity index (χ1) is 11.9. The first-order valence-corrected chi connectivity index (χ1v) is 8.79. The van der Waals surface area contributed by atoms with Crippen molar-refractivity contribution in [2.45, 2.75) is 38.1 Å². The minimum absolute atomic E-state index is 0.0734. The second kappa shape index (κ2) is 6.11. The topological polar surface area (TPSA) is 16.4 Å². The number of hydrogen-bond donors (Lipinski definition) is 0. The van der Waals surface area contributed by atoms with Crippen molar-refractivity contribution in [1.29, 1.82) is 0 Å². The van der Waals surface area contributed by atoms with E-state index in [1.54, 1.807) is 12.3 Å². The molecule has 0 aliphatic heterocycles. The fraction of sp³-hybridized carbons (Fsp3) is 0.304. The van der Waals surface area contributed by atoms with Crippen LogP contribution < -0.4 is 0 Å². The smallest absolute Gasteiger partial charge is 0.134 e. The van der Waals surface area contributed by atoms with E-state index in [2.05, 4.69) is 76.4 Å². The molecule has 0 spiro atoms. The molecular formula is C23H27NO. The molecule has 0 N–H and O–H groups in total. The largest absolute Gasteiger partial charge is 0.464 e. The van der Waals surface area contributed by atoms with Crippen molar-refractivity contribution in [3.05, 3.63) is 84.8 Å². The lowest BCUT2D eigenvalue weighted by molar-refractivity contribution is 0.123. The van der Waals surface area contributed by atoms with Gasteiger partial charge >= 0.3 is 0 Å². The summed E-state index contributed by atoms with van der Waals surface area (Å²) in [6.45, 7) is 14.5. The third-order valence-electron chi connectivity index (χ3n) is 5.89. The average molecular weight is 333 g/mol. The van der Waals surface area contributed by atoms with Gasteiger partial charge in [-0.1, -0.05) is 38.3 Å². The molecule has 1 aromatic heterocycles. The molecule has 2 aromatic rings. The number of allylic oxidation sites excluding steroid dienone is 3. The summed E-state index contributed by atoms with van der Waals surface area (Å²) >= 11 is 0. The maximum atomic E-state index is 5.66. The summed E-state index contributed by atoms with van der Waals surface area (Å²) in [6.07, 6.45) is 13.3. The molecule has 0 amide bonds. The molecule has 0 saturated heterocycles. The minimum Gasteiger partial charge on any atom is -0.464 e. The molecule has 25 heavy (non-hydrogen) atoms. The summed E-state index contributed by atoms with van der Waals surface area (Å²) in [5, 5.41) is 1.16. The van der Waals surface area contributed by atoms with E-state index >= 15 is 0 Å². The molecule has 130 valence electrons. The second-order valence-electron chi connectivity index (χ2n) is 7.14. The average Bonchev–Trinajstić information content (AvgIpc) is 3.05. The van der Waals surface area contributed by atoms with Crippen LogP contribution in [0.15, 0.2) is 78.1 Å². The van der Waals surface area contributed by atoms with Crippen LogP contribution in [0.3, 0.4) is 0 Å². The van der Waals surface area contributed by atoms with Crippen LogP contribution in [0.5, 0.6) is 0 Å². The zero-order valence-electron chi connectivity index (χ0n) is 15.7. The molecule has 1 heterocycles. The van der Waals surface area contributed by atoms with E-state index in [0.717, 1.165) is 23.0 Å². The highest BCUT2D eigenvalue weighted by molar-refractivity contribution is 5.80. The number of hydrogen-bond acceptors (Lipinski definition) is 2. The van der Waals surface area contributed by atoms with Crippen LogP contribution in [0.25, 0.3) is 11.0 Å². The predicted octanol–water partition coefficient (Wildman–Crippen LogP) is 5.91. The molecule has 0 radical (unpaired) electrons. The Hall–Kier alpha value is -2.48. The third kappa shape index (κ3) is 2.48. The number of nitrogens with zero attached hydrogens (tertiary/aromatic N) is 1. The maximum Gasteiger partial charge on any atom is 0.134 e. The van der Waals surface area contributed by atoms with E-state index in [1.165, 1.54) is 11.1 Å². The quantitative estimate of drug-likeness (QED) is 0.483. The molecule has 2 heteroatoms. The van der Waals surface area contributed by atoms with Crippen LogP contribution >= 0.6 is 0 Å². The lowest BCUT2D eigenvalue weighted by Crippen LogP contribution is -2.61. The van der Waals surface area contributed by atoms with E-state index in [4.69, 9.17) is 4.42 Å². The summed E-state index contributed by atoms with van der Waals surface area (Å²) in [4.78, 5) is 2.30. The Balaban J connectivity index is 2.05. The second-order valence-corrected chi connectivity index (χ2v) is 7.14. The number of furan rings is 1. The Morgan fingerprint density at radius 3 is 2.68 bits per heavy atom. The lowest BCUT2D eigenvalue weighted by atomic mass is 9.56. The Morgan fingerprint density at radius 1 is 1.32 bits per heavy atom. The monoisotopic (exact) mass is 333 g/mol. The summed E-state index contributed by atoms with van der Waals surface area (Å²) in [6, 6.07) is 6.45. The van der Waals surface area contributed by atoms with E-state index in [0.29, 0.717) is 0 Å². The first-order valence-electron chi connectivity index (χ1n) is 8.79. The molecule has 3 rings (SSSR count). The van der Waals surface area contributed by atoms with E-state index in [1.807, 2.05) is 12.1 Å². The van der Waals surface area contributed by atoms with E-state index in [-0.39, 0.29) is 11.0 Å². The molecule has 1 aliphatic carbocycles. The zero-order valence-corrected chi connectivity index (χ0v) is 15.7. The number of fused-ring (bicyclic) bond motifs is 1. The SMILES string of the molecule is C=CC(=C)/C=C\N(C)C1(CC)C=CC1(C)c1cc2occc2cc1C. The maximum absolute atomic E-state index is 5.66. The summed E-state index contributed by atoms with van der Waals surface area (Å²) in [5.41, 5.74) is 4.33. The van der Waals surface area contributed by atoms with Crippen molar-refractivity contribution in [1.82, 2.24) is 4.90 Å². The van der Waals surface area contributed by atoms with Crippen LogP contribution in [-0.2, 0) is 5.41 Å². The highest BCUT2D eigenvalue weighted by Gasteiger charge is 2.53. The number of aryl methyl sites for hydroxylation is 1. The molecule has 1 aromatic carbocycles. The van der Waals surface area contributed by atoms with Crippen molar-refractivity contribution < 1.29 is 4.42 Å². The van der Waals surface area contributed by atoms with Crippen molar-refractivity contribution in [3.8, 4) is 0 Å². The first kappa shape index (κ1) is 17.3. The molecule has 2 unspecified atom stereocenters. The Morgan fingerprint density at radius 2 is 2.08 bits per heavy atom. The van der Waals surface area contributed by atoms with Crippen LogP contribution in [-0.4, -0.2) is 17.5 Å². The van der Waals surface area contributed by atoms with Gasteiger partial charge in [0, 0.05) is 24.0 Å². The van der Waals surface area contributed by atoms with Crippen LogP contribution in [0, 0.1) is 6.92 Å². The van der Waals surface area contributed by atoms with Gasteiger partial charge in [-0.05, 0) is 61.2 Å². The van der Waals surface area contributed by atoms with Crippen LogP contribution in [0.4, 0.5) is 0 Å². The van der Waals surface area contributed by atoms with Crippen LogP contribution in [0.2, 0.25) is 0 Å². The molecule has 0 saturated carbocycles. The fourth-order valence-electron chi connectivity index (χ4n) is 4.16. The zero-order chi connectivity index (χ0) is 18.2. The van der Waals surface area contributed by atoms with Crippen LogP contribution in [0.1, 0.15) is 31.4 Å². The van der Waals surface area contributed by atoms with Crippen molar-refractivity contribution in [2.75, 3.05) is 7.05 Å². The molecule has 0 bridgehead atoms. The van der Waals surface area contributed by atoms with Crippen molar-refractivity contribution >= 4 is 11.0 Å². The Kier molecular flexibility index (Phi) is 4.24. The normalized spacial score (nSPS) is 25.3. The lowest BCUT2D eigenvalue weighted by Gasteiger charge is -2.57. The van der Waals surface area contributed by atoms with Gasteiger partial charge < -0.3 is 9.32 Å². The van der Waals surface area contributed by atoms with Gasteiger partial charge in [0.15, 0.2) is 0 Å². The Labute approximate surface area is 150 Å². The summed E-state index contributed by atoms with van der Waals surface area (Å²) < 4.78 is 5.66. The molecular weight excluding hydrogens is 306 g/mol. The van der Waals surface area contributed by atoms with Gasteiger partial charge in [-0.15, -0.1) is 0 Å². The van der Waals surface area contributed by atoms with Gasteiger partial charge in [0.25, 0.3) is 0 Å². The molecule has 2 atom stereocenters. The third-order valence-corrected chi connectivity index (χ3v) is 5.89. The van der Waals surface area contributed by atoms with Gasteiger partial charge in [0.05, 0.1) is 11.8 Å². The van der Waals surface area contributed by atoms with Gasteiger partial charge in [0.1, 0.15) is 5.58 Å². The van der Waals surface area contributed by atoms with Crippen molar-refractivity contribution in [3.63, 3.8) is 0 Å². The standard InChI is InChI=1S/C23H27NO/c1-7-17(3)9-13-24(6)23(8-2)12-11-22(23,5)20-16-21-19(10-14-25-21)15-18(20)4/h7,9-16H,1,3,8H2,2,4-6H3/b13-9-. The number of rotatable bonds is 6. The molecule has 0 fully saturated rings. The molecule has 1 aliphatic rings. The highest BCUT2D eigenvalue weighted by atomic mass is 16.3. The summed E-state index contributed by atoms with van der Waals surface area (Å²) in [5.74, 6) is 0. The number of likely N-dealkylation sites (N-methyl/N-ethyl adjacent to an activating group) is 1. The van der Waals surface area contributed by atoms with Crippen molar-refractivity contribution in [2.24, 2.45) is 0 Å². The van der Waals surface area contributed by atoms with Gasteiger partial charge in [0.2, 0.25) is 0 Å². The van der Waals surface area contributed by atoms with Gasteiger partial charge in [-0.25, -0.2) is 0 Å². The predicted molar refractivity (Wildman–Crippen MR) is 107 cm³/mol. The number of benzene rings is 1. The van der Waals surface area contributed by atoms with E-state index < -0.39 is 0 Å². The summed E-state index contributed by atoms with van der Waals surface area (Å²) in [7, 11) is 2.14. The van der Waals surface area contributed by atoms with E-state index in [9.17, 15) is 0 Å². The molecule has 2 nitrogen and oxygen atoms in total. The van der Waals surface area contributed by atoms with Gasteiger partial charge in [-0.2, -0.15) is 0 Å².